The first kappa shape index (κ1) is 20.9. The number of hydrogen-bond donors (Lipinski definition) is 2. The molecule has 1 heterocycles. The summed E-state index contributed by atoms with van der Waals surface area (Å²) >= 11 is 7.27. The summed E-state index contributed by atoms with van der Waals surface area (Å²) in [6.45, 7) is 4.44. The Morgan fingerprint density at radius 1 is 1.31 bits per heavy atom. The van der Waals surface area contributed by atoms with Crippen molar-refractivity contribution in [2.45, 2.75) is 25.5 Å². The van der Waals surface area contributed by atoms with Gasteiger partial charge in [0.15, 0.2) is 0 Å². The molecule has 3 aromatic rings. The molecule has 2 N–H and O–H groups in total. The van der Waals surface area contributed by atoms with Crippen molar-refractivity contribution < 1.29 is 14.5 Å². The number of carbonyl (C=O) groups is 1. The average Bonchev–Trinajstić information content (AvgIpc) is 3.14. The highest BCUT2D eigenvalue weighted by molar-refractivity contribution is 7.99. The van der Waals surface area contributed by atoms with Crippen molar-refractivity contribution in [1.82, 2.24) is 15.6 Å². The fraction of sp³-hybridized carbons (Fsp3) is 0.200. The van der Waals surface area contributed by atoms with Crippen molar-refractivity contribution in [2.24, 2.45) is 5.10 Å². The molecule has 0 saturated heterocycles. The van der Waals surface area contributed by atoms with Gasteiger partial charge >= 0.3 is 5.16 Å². The molecule has 0 unspecified atom stereocenters. The smallest absolute Gasteiger partial charge is 0.337 e. The normalized spacial score (nSPS) is 11.5. The van der Waals surface area contributed by atoms with Crippen LogP contribution in [0.2, 0.25) is 5.02 Å². The van der Waals surface area contributed by atoms with E-state index in [1.807, 2.05) is 35.8 Å². The number of benzene rings is 2. The number of carbonyl (C=O) groups excluding carboxylic acids is 1. The number of amides is 1. The highest BCUT2D eigenvalue weighted by Crippen LogP contribution is 2.19. The molecule has 1 amide bonds. The van der Waals surface area contributed by atoms with E-state index in [2.05, 4.69) is 20.7 Å². The van der Waals surface area contributed by atoms with Gasteiger partial charge < -0.3 is 5.11 Å². The van der Waals surface area contributed by atoms with Crippen LogP contribution in [0.25, 0.3) is 11.4 Å². The van der Waals surface area contributed by atoms with Gasteiger partial charge in [-0.1, -0.05) is 35.9 Å². The lowest BCUT2D eigenvalue weighted by atomic mass is 10.1. The second-order valence-electron chi connectivity index (χ2n) is 6.15. The van der Waals surface area contributed by atoms with Gasteiger partial charge in [0.1, 0.15) is 0 Å². The summed E-state index contributed by atoms with van der Waals surface area (Å²) in [5.74, 6) is 0.645. The van der Waals surface area contributed by atoms with E-state index in [4.69, 9.17) is 11.6 Å². The van der Waals surface area contributed by atoms with Gasteiger partial charge in [-0.2, -0.15) is 5.10 Å². The van der Waals surface area contributed by atoms with Crippen LogP contribution < -0.4 is 15.1 Å². The summed E-state index contributed by atoms with van der Waals surface area (Å²) in [7, 11) is 0. The fourth-order valence-electron chi connectivity index (χ4n) is 2.64. The fourth-order valence-corrected chi connectivity index (χ4v) is 3.58. The maximum atomic E-state index is 12.2. The largest absolute Gasteiger partial charge is 0.872 e. The van der Waals surface area contributed by atoms with Crippen molar-refractivity contribution in [3.8, 4) is 17.1 Å². The van der Waals surface area contributed by atoms with E-state index in [-0.39, 0.29) is 17.4 Å². The van der Waals surface area contributed by atoms with E-state index >= 15 is 0 Å². The highest BCUT2D eigenvalue weighted by atomic mass is 35.5. The number of H-pyrrole nitrogens is 1. The maximum absolute atomic E-state index is 12.2. The van der Waals surface area contributed by atoms with Crippen LogP contribution in [-0.4, -0.2) is 27.6 Å². The van der Waals surface area contributed by atoms with Crippen LogP contribution in [0.1, 0.15) is 19.4 Å². The Morgan fingerprint density at radius 2 is 2.07 bits per heavy atom. The lowest BCUT2D eigenvalue weighted by molar-refractivity contribution is -0.719. The number of hydrogen-bond acceptors (Lipinski definition) is 5. The second kappa shape index (κ2) is 9.58. The van der Waals surface area contributed by atoms with Crippen LogP contribution in [0.15, 0.2) is 58.8 Å². The standard InChI is InChI=1S/C20H20ClN5O2S/c1-3-26-19(14-7-9-16(21)10-8-14)24-25-20(26)29-12-18(28)23-22-13(2)15-5-4-6-17(27)11-15/h4-11H,3,12H2,1-2H3,(H2,23,27,28). The molecule has 0 bridgehead atoms. The van der Waals surface area contributed by atoms with Crippen LogP contribution in [0.4, 0.5) is 0 Å². The molecule has 0 aliphatic carbocycles. The van der Waals surface area contributed by atoms with Gasteiger partial charge in [-0.25, -0.2) is 9.99 Å². The lowest BCUT2D eigenvalue weighted by Crippen LogP contribution is -2.36. The number of thioether (sulfide) groups is 1. The van der Waals surface area contributed by atoms with Crippen molar-refractivity contribution in [3.05, 3.63) is 59.1 Å². The minimum Gasteiger partial charge on any atom is -0.872 e. The maximum Gasteiger partial charge on any atom is 0.337 e. The Kier molecular flexibility index (Phi) is 6.90. The molecule has 0 aliphatic heterocycles. The Balaban J connectivity index is 1.63. The zero-order chi connectivity index (χ0) is 20.8. The van der Waals surface area contributed by atoms with Gasteiger partial charge in [0, 0.05) is 5.02 Å². The predicted octanol–water partition coefficient (Wildman–Crippen LogP) is 2.74. The van der Waals surface area contributed by atoms with Crippen LogP contribution in [0.5, 0.6) is 5.75 Å². The van der Waals surface area contributed by atoms with E-state index in [1.54, 1.807) is 19.1 Å². The third-order valence-corrected chi connectivity index (χ3v) is 5.35. The third-order valence-electron chi connectivity index (χ3n) is 4.12. The Bertz CT molecular complexity index is 1030. The molecule has 0 radical (unpaired) electrons. The summed E-state index contributed by atoms with van der Waals surface area (Å²) in [5, 5.41) is 24.2. The Hall–Kier alpha value is -2.84. The summed E-state index contributed by atoms with van der Waals surface area (Å²) in [6, 6.07) is 13.8. The molecule has 0 fully saturated rings. The first-order valence-electron chi connectivity index (χ1n) is 8.95. The van der Waals surface area contributed by atoms with Crippen LogP contribution in [-0.2, 0) is 11.3 Å². The summed E-state index contributed by atoms with van der Waals surface area (Å²) in [4.78, 5) is 12.2. The Morgan fingerprint density at radius 3 is 2.76 bits per heavy atom. The van der Waals surface area contributed by atoms with Crippen molar-refractivity contribution in [2.75, 3.05) is 5.75 Å². The average molecular weight is 430 g/mol. The van der Waals surface area contributed by atoms with Crippen LogP contribution >= 0.6 is 23.4 Å². The van der Waals surface area contributed by atoms with E-state index < -0.39 is 0 Å². The third kappa shape index (κ3) is 5.36. The topological polar surface area (TPSA) is 97.1 Å². The van der Waals surface area contributed by atoms with E-state index in [1.165, 1.54) is 23.9 Å². The minimum atomic E-state index is -0.258. The summed E-state index contributed by atoms with van der Waals surface area (Å²) < 4.78 is 2.00. The first-order valence-corrected chi connectivity index (χ1v) is 10.3. The molecular weight excluding hydrogens is 410 g/mol. The molecule has 2 aromatic carbocycles. The van der Waals surface area contributed by atoms with Crippen molar-refractivity contribution in [3.63, 3.8) is 0 Å². The molecular formula is C20H20ClN5O2S. The molecule has 9 heteroatoms. The summed E-state index contributed by atoms with van der Waals surface area (Å²) in [6.07, 6.45) is 0. The lowest BCUT2D eigenvalue weighted by Gasteiger charge is -2.07. The molecule has 3 rings (SSSR count). The highest BCUT2D eigenvalue weighted by Gasteiger charge is 2.21. The molecule has 1 aromatic heterocycles. The van der Waals surface area contributed by atoms with E-state index in [0.717, 1.165) is 11.4 Å². The SMILES string of the molecule is CC[n+]1c(SCC(=O)NN=C(C)c2cccc([O-])c2)n[nH]c1-c1ccc(Cl)cc1. The number of nitrogens with zero attached hydrogens (tertiary/aromatic N) is 3. The second-order valence-corrected chi connectivity index (χ2v) is 7.53. The van der Waals surface area contributed by atoms with Gasteiger partial charge in [-0.05, 0) is 55.4 Å². The van der Waals surface area contributed by atoms with E-state index in [9.17, 15) is 9.90 Å². The number of aromatic amines is 1. The zero-order valence-electron chi connectivity index (χ0n) is 16.0. The number of rotatable bonds is 7. The minimum absolute atomic E-state index is 0.0990. The monoisotopic (exact) mass is 429 g/mol. The quantitative estimate of drug-likeness (QED) is 0.261. The molecule has 0 atom stereocenters. The molecule has 150 valence electrons. The number of nitrogens with one attached hydrogen (secondary N) is 2. The molecule has 0 saturated carbocycles. The van der Waals surface area contributed by atoms with Gasteiger partial charge in [0.25, 0.3) is 11.7 Å². The van der Waals surface area contributed by atoms with Gasteiger partial charge in [-0.15, -0.1) is 10.8 Å². The Labute approximate surface area is 177 Å². The summed E-state index contributed by atoms with van der Waals surface area (Å²) in [5.41, 5.74) is 4.72. The number of aromatic nitrogens is 3. The van der Waals surface area contributed by atoms with Crippen LogP contribution in [0.3, 0.4) is 0 Å². The number of halogens is 1. The van der Waals surface area contributed by atoms with E-state index in [0.29, 0.717) is 28.0 Å². The number of hydrazone groups is 1. The molecule has 29 heavy (non-hydrogen) atoms. The zero-order valence-corrected chi connectivity index (χ0v) is 17.5. The van der Waals surface area contributed by atoms with Gasteiger partial charge in [-0.3, -0.25) is 4.79 Å². The van der Waals surface area contributed by atoms with Gasteiger partial charge in [0.2, 0.25) is 0 Å². The molecule has 7 nitrogen and oxygen atoms in total. The van der Waals surface area contributed by atoms with Crippen molar-refractivity contribution in [1.29, 1.82) is 0 Å². The van der Waals surface area contributed by atoms with Crippen molar-refractivity contribution >= 4 is 35.0 Å². The van der Waals surface area contributed by atoms with Crippen LogP contribution in [0, 0.1) is 0 Å². The first-order chi connectivity index (χ1) is 14.0. The van der Waals surface area contributed by atoms with Gasteiger partial charge in [0.05, 0.1) is 28.7 Å². The predicted molar refractivity (Wildman–Crippen MR) is 112 cm³/mol. The molecule has 0 aliphatic rings. The molecule has 0 spiro atoms.